The van der Waals surface area contributed by atoms with Gasteiger partial charge in [-0.15, -0.1) is 0 Å². The molecule has 1 saturated heterocycles. The van der Waals surface area contributed by atoms with E-state index in [0.29, 0.717) is 18.9 Å². The molecule has 3 rings (SSSR count). The minimum absolute atomic E-state index is 0.0326. The average Bonchev–Trinajstić information content (AvgIpc) is 2.68. The van der Waals surface area contributed by atoms with Crippen molar-refractivity contribution in [3.05, 3.63) is 54.1 Å². The molecule has 2 N–H and O–H groups in total. The van der Waals surface area contributed by atoms with Crippen molar-refractivity contribution in [1.82, 2.24) is 4.31 Å². The highest BCUT2D eigenvalue weighted by Crippen LogP contribution is 2.30. The van der Waals surface area contributed by atoms with E-state index in [1.807, 2.05) is 0 Å². The maximum atomic E-state index is 12.8. The molecule has 0 atom stereocenters. The number of nitrogens with zero attached hydrogens (tertiary/aromatic N) is 1. The van der Waals surface area contributed by atoms with E-state index in [9.17, 15) is 21.6 Å². The predicted molar refractivity (Wildman–Crippen MR) is 107 cm³/mol. The Balaban J connectivity index is 1.71. The topological polar surface area (TPSA) is 70.7 Å². The Kier molecular flexibility index (Phi) is 6.42. The molecule has 1 heterocycles. The summed E-state index contributed by atoms with van der Waals surface area (Å²) in [5.41, 5.74) is -0.248. The molecular weight excluding hydrogens is 427 g/mol. The Labute approximate surface area is 171 Å². The van der Waals surface area contributed by atoms with Gasteiger partial charge < -0.3 is 15.4 Å². The number of rotatable bonds is 4. The summed E-state index contributed by atoms with van der Waals surface area (Å²) in [6.45, 7) is 1.22. The normalized spacial score (nSPS) is 15.7. The Hall–Kier alpha value is -2.21. The third-order valence-electron chi connectivity index (χ3n) is 4.15. The molecule has 1 aliphatic heterocycles. The first-order valence-corrected chi connectivity index (χ1v) is 10.4. The fraction of sp³-hybridized carbons (Fsp3) is 0.278. The van der Waals surface area contributed by atoms with Crippen LogP contribution in [0.2, 0.25) is 0 Å². The van der Waals surface area contributed by atoms with Crippen molar-refractivity contribution in [2.75, 3.05) is 36.9 Å². The number of benzene rings is 2. The number of alkyl halides is 3. The third kappa shape index (κ3) is 5.44. The van der Waals surface area contributed by atoms with Crippen LogP contribution >= 0.6 is 12.2 Å². The van der Waals surface area contributed by atoms with Crippen LogP contribution in [0.25, 0.3) is 0 Å². The van der Waals surface area contributed by atoms with Crippen LogP contribution in [0.3, 0.4) is 0 Å². The first kappa shape index (κ1) is 21.5. The van der Waals surface area contributed by atoms with Crippen molar-refractivity contribution >= 4 is 38.7 Å². The molecule has 6 nitrogen and oxygen atoms in total. The lowest BCUT2D eigenvalue weighted by atomic mass is 10.2. The van der Waals surface area contributed by atoms with Crippen molar-refractivity contribution in [2.45, 2.75) is 11.1 Å². The lowest BCUT2D eigenvalue weighted by molar-refractivity contribution is -0.137. The lowest BCUT2D eigenvalue weighted by Crippen LogP contribution is -2.40. The van der Waals surface area contributed by atoms with Crippen LogP contribution in [0.15, 0.2) is 53.4 Å². The fourth-order valence-corrected chi connectivity index (χ4v) is 4.43. The highest BCUT2D eigenvalue weighted by atomic mass is 32.2. The van der Waals surface area contributed by atoms with E-state index in [1.165, 1.54) is 28.6 Å². The van der Waals surface area contributed by atoms with Gasteiger partial charge in [-0.1, -0.05) is 12.1 Å². The summed E-state index contributed by atoms with van der Waals surface area (Å²) < 4.78 is 70.4. The number of anilines is 2. The Morgan fingerprint density at radius 3 is 2.21 bits per heavy atom. The molecule has 0 unspecified atom stereocenters. The molecular formula is C18H18F3N3O3S2. The Morgan fingerprint density at radius 2 is 1.59 bits per heavy atom. The van der Waals surface area contributed by atoms with Gasteiger partial charge in [-0.25, -0.2) is 8.42 Å². The van der Waals surface area contributed by atoms with Crippen molar-refractivity contribution in [1.29, 1.82) is 0 Å². The van der Waals surface area contributed by atoms with Gasteiger partial charge in [0.15, 0.2) is 5.11 Å². The number of hydrogen-bond donors (Lipinski definition) is 2. The zero-order valence-electron chi connectivity index (χ0n) is 15.1. The van der Waals surface area contributed by atoms with Crippen LogP contribution in [-0.4, -0.2) is 44.1 Å². The summed E-state index contributed by atoms with van der Waals surface area (Å²) in [7, 11) is -3.68. The van der Waals surface area contributed by atoms with Gasteiger partial charge >= 0.3 is 6.18 Å². The van der Waals surface area contributed by atoms with E-state index in [2.05, 4.69) is 10.6 Å². The summed E-state index contributed by atoms with van der Waals surface area (Å²) >= 11 is 5.14. The highest BCUT2D eigenvalue weighted by molar-refractivity contribution is 7.89. The number of morpholine rings is 1. The summed E-state index contributed by atoms with van der Waals surface area (Å²) in [6, 6.07) is 10.7. The molecule has 1 aliphatic rings. The van der Waals surface area contributed by atoms with Crippen molar-refractivity contribution < 1.29 is 26.3 Å². The number of halogens is 3. The second-order valence-electron chi connectivity index (χ2n) is 6.20. The number of hydrogen-bond acceptors (Lipinski definition) is 4. The van der Waals surface area contributed by atoms with Gasteiger partial charge in [0.05, 0.1) is 23.7 Å². The molecule has 0 saturated carbocycles. The molecule has 2 aromatic carbocycles. The Bertz CT molecular complexity index is 991. The zero-order chi connectivity index (χ0) is 21.1. The van der Waals surface area contributed by atoms with E-state index in [1.54, 1.807) is 12.1 Å². The molecule has 1 fully saturated rings. The van der Waals surface area contributed by atoms with Crippen molar-refractivity contribution in [3.63, 3.8) is 0 Å². The second kappa shape index (κ2) is 8.66. The van der Waals surface area contributed by atoms with Crippen LogP contribution < -0.4 is 10.6 Å². The molecule has 29 heavy (non-hydrogen) atoms. The first-order valence-electron chi connectivity index (χ1n) is 8.59. The van der Waals surface area contributed by atoms with Gasteiger partial charge in [0.25, 0.3) is 0 Å². The smallest absolute Gasteiger partial charge is 0.379 e. The van der Waals surface area contributed by atoms with Crippen LogP contribution in [0.1, 0.15) is 5.56 Å². The van der Waals surface area contributed by atoms with Crippen LogP contribution in [-0.2, 0) is 20.9 Å². The number of ether oxygens (including phenoxy) is 1. The van der Waals surface area contributed by atoms with E-state index in [4.69, 9.17) is 17.0 Å². The molecule has 0 amide bonds. The molecule has 11 heteroatoms. The molecule has 0 aromatic heterocycles. The average molecular weight is 445 g/mol. The van der Waals surface area contributed by atoms with E-state index < -0.39 is 21.8 Å². The van der Waals surface area contributed by atoms with Crippen molar-refractivity contribution in [2.24, 2.45) is 0 Å². The zero-order valence-corrected chi connectivity index (χ0v) is 16.7. The van der Waals surface area contributed by atoms with Gasteiger partial charge in [0.1, 0.15) is 0 Å². The summed E-state index contributed by atoms with van der Waals surface area (Å²) in [5, 5.41) is 5.50. The van der Waals surface area contributed by atoms with E-state index in [0.717, 1.165) is 12.1 Å². The summed E-state index contributed by atoms with van der Waals surface area (Å²) in [5.74, 6) is 0. The van der Waals surface area contributed by atoms with Crippen LogP contribution in [0, 0.1) is 0 Å². The highest BCUT2D eigenvalue weighted by Gasteiger charge is 2.30. The van der Waals surface area contributed by atoms with Gasteiger partial charge in [0, 0.05) is 24.5 Å². The molecule has 2 aromatic rings. The van der Waals surface area contributed by atoms with Crippen LogP contribution in [0.5, 0.6) is 0 Å². The maximum Gasteiger partial charge on any atom is 0.416 e. The molecule has 0 aliphatic carbocycles. The second-order valence-corrected chi connectivity index (χ2v) is 8.55. The van der Waals surface area contributed by atoms with Gasteiger partial charge in [0.2, 0.25) is 10.0 Å². The minimum Gasteiger partial charge on any atom is -0.379 e. The number of sulfonamides is 1. The van der Waals surface area contributed by atoms with Gasteiger partial charge in [-0.05, 0) is 48.6 Å². The van der Waals surface area contributed by atoms with Crippen LogP contribution in [0.4, 0.5) is 24.5 Å². The molecule has 156 valence electrons. The number of thiocarbonyl (C=S) groups is 1. The molecule has 0 radical (unpaired) electrons. The molecule has 0 spiro atoms. The quantitative estimate of drug-likeness (QED) is 0.702. The summed E-state index contributed by atoms with van der Waals surface area (Å²) in [4.78, 5) is 0.0891. The van der Waals surface area contributed by atoms with E-state index >= 15 is 0 Å². The predicted octanol–water partition coefficient (Wildman–Crippen LogP) is 3.54. The van der Waals surface area contributed by atoms with Gasteiger partial charge in [-0.3, -0.25) is 0 Å². The largest absolute Gasteiger partial charge is 0.416 e. The number of nitrogens with one attached hydrogen (secondary N) is 2. The first-order chi connectivity index (χ1) is 13.7. The fourth-order valence-electron chi connectivity index (χ4n) is 2.74. The van der Waals surface area contributed by atoms with Gasteiger partial charge in [-0.2, -0.15) is 17.5 Å². The maximum absolute atomic E-state index is 12.8. The van der Waals surface area contributed by atoms with Crippen molar-refractivity contribution in [3.8, 4) is 0 Å². The monoisotopic (exact) mass is 445 g/mol. The molecule has 0 bridgehead atoms. The SMILES string of the molecule is O=S(=O)(c1cccc(NC(=S)Nc2cccc(C(F)(F)F)c2)c1)N1CCOCC1. The third-order valence-corrected chi connectivity index (χ3v) is 6.25. The standard InChI is InChI=1S/C18H18F3N3O3S2/c19-18(20,21)13-3-1-4-14(11-13)22-17(28)23-15-5-2-6-16(12-15)29(25,26)24-7-9-27-10-8-24/h1-6,11-12H,7-10H2,(H2,22,23,28). The lowest BCUT2D eigenvalue weighted by Gasteiger charge is -2.26. The van der Waals surface area contributed by atoms with E-state index in [-0.39, 0.29) is 28.8 Å². The Morgan fingerprint density at radius 1 is 1.00 bits per heavy atom. The summed E-state index contributed by atoms with van der Waals surface area (Å²) in [6.07, 6.45) is -4.46. The minimum atomic E-state index is -4.46.